The number of nitrogens with zero attached hydrogens (tertiary/aromatic N) is 3. The van der Waals surface area contributed by atoms with Crippen molar-refractivity contribution in [1.82, 2.24) is 19.5 Å². The maximum absolute atomic E-state index is 11.6. The fourth-order valence-electron chi connectivity index (χ4n) is 1.75. The van der Waals surface area contributed by atoms with E-state index in [1.807, 2.05) is 0 Å². The highest BCUT2D eigenvalue weighted by molar-refractivity contribution is 7.60. The number of fused-ring (bicyclic) bond motifs is 1. The van der Waals surface area contributed by atoms with Gasteiger partial charge in [0.25, 0.3) is 11.2 Å². The number of esters is 1. The van der Waals surface area contributed by atoms with Crippen LogP contribution in [0.15, 0.2) is 11.1 Å². The molecule has 21 heavy (non-hydrogen) atoms. The van der Waals surface area contributed by atoms with Gasteiger partial charge in [-0.15, -0.1) is 0 Å². The largest absolute Gasteiger partial charge is 0.466 e. The Labute approximate surface area is 117 Å². The topological polar surface area (TPSA) is 177 Å². The van der Waals surface area contributed by atoms with Gasteiger partial charge in [-0.25, -0.2) is 9.78 Å². The van der Waals surface area contributed by atoms with Gasteiger partial charge in [0.15, 0.2) is 11.2 Å². The average Bonchev–Trinajstić information content (AvgIpc) is 2.77. The molecule has 2 rings (SSSR count). The molecular weight excluding hydrogens is 305 g/mol. The molecule has 0 aliphatic carbocycles. The number of carbonyl (C=O) groups is 1. The molecule has 6 N–H and O–H groups in total. The summed E-state index contributed by atoms with van der Waals surface area (Å²) in [4.78, 5) is 61.0. The molecule has 2 aromatic rings. The van der Waals surface area contributed by atoms with Gasteiger partial charge >= 0.3 is 13.9 Å². The zero-order valence-corrected chi connectivity index (χ0v) is 11.7. The molecule has 0 amide bonds. The van der Waals surface area contributed by atoms with E-state index in [9.17, 15) is 24.3 Å². The molecule has 2 aromatic heterocycles. The van der Waals surface area contributed by atoms with Crippen LogP contribution in [0.1, 0.15) is 0 Å². The number of carbonyl (C=O) groups excluding carboxylic acids is 1. The van der Waals surface area contributed by atoms with Crippen molar-refractivity contribution in [3.63, 3.8) is 0 Å². The molecule has 114 valence electrons. The third kappa shape index (κ3) is 3.00. The summed E-state index contributed by atoms with van der Waals surface area (Å²) in [6.45, 7) is -0.393. The number of aromatic amines is 1. The first-order valence-electron chi connectivity index (χ1n) is 5.59. The van der Waals surface area contributed by atoms with E-state index in [4.69, 9.17) is 5.73 Å². The van der Waals surface area contributed by atoms with Crippen LogP contribution < -0.4 is 11.3 Å². The maximum Gasteiger partial charge on any atom is 0.420 e. The van der Waals surface area contributed by atoms with Crippen LogP contribution in [-0.4, -0.2) is 52.9 Å². The number of ether oxygens (including phenoxy) is 1. The predicted octanol–water partition coefficient (Wildman–Crippen LogP) is -2.02. The summed E-state index contributed by atoms with van der Waals surface area (Å²) in [6.07, 6.45) is 1.16. The van der Waals surface area contributed by atoms with Crippen LogP contribution in [0.3, 0.4) is 0 Å². The van der Waals surface area contributed by atoms with E-state index in [-0.39, 0.29) is 17.1 Å². The molecule has 0 saturated carbocycles. The number of methoxy groups -OCH3 is 1. The summed E-state index contributed by atoms with van der Waals surface area (Å²) in [5.41, 5.74) is 3.22. The van der Waals surface area contributed by atoms with E-state index in [0.717, 1.165) is 13.4 Å². The van der Waals surface area contributed by atoms with Crippen LogP contribution in [0, 0.1) is 0 Å². The molecule has 11 nitrogen and oxygen atoms in total. The van der Waals surface area contributed by atoms with Crippen molar-refractivity contribution >= 4 is 31.0 Å². The van der Waals surface area contributed by atoms with Gasteiger partial charge in [0, 0.05) is 0 Å². The molecule has 1 unspecified atom stereocenters. The van der Waals surface area contributed by atoms with E-state index in [0.29, 0.717) is 0 Å². The van der Waals surface area contributed by atoms with Gasteiger partial charge in [-0.2, -0.15) is 19.7 Å². The minimum absolute atomic E-state index is 0.0365. The lowest BCUT2D eigenvalue weighted by Crippen LogP contribution is -2.30. The van der Waals surface area contributed by atoms with E-state index in [1.165, 1.54) is 4.57 Å². The molecule has 0 saturated heterocycles. The van der Waals surface area contributed by atoms with Crippen LogP contribution in [0.2, 0.25) is 0 Å². The third-order valence-corrected chi connectivity index (χ3v) is 3.96. The Morgan fingerprint density at radius 3 is 2.81 bits per heavy atom. The van der Waals surface area contributed by atoms with Gasteiger partial charge in [0.1, 0.15) is 0 Å². The zero-order chi connectivity index (χ0) is 15.8. The summed E-state index contributed by atoms with van der Waals surface area (Å²) >= 11 is 0. The molecule has 0 bridgehead atoms. The summed E-state index contributed by atoms with van der Waals surface area (Å²) in [7, 11) is -3.47. The number of nitrogens with one attached hydrogen (secondary N) is 1. The first-order chi connectivity index (χ1) is 9.74. The zero-order valence-electron chi connectivity index (χ0n) is 10.8. The monoisotopic (exact) mass is 318 g/mol. The maximum atomic E-state index is 11.6. The molecule has 0 aromatic carbocycles. The normalized spacial score (nSPS) is 13.3. The molecule has 0 spiro atoms. The Hall–Kier alpha value is -2.07. The fraction of sp³-hybridized carbons (Fsp3) is 0.333. The van der Waals surface area contributed by atoms with Gasteiger partial charge in [0.05, 0.1) is 20.0 Å². The Bertz CT molecular complexity index is 734. The van der Waals surface area contributed by atoms with Crippen molar-refractivity contribution < 1.29 is 24.2 Å². The number of aromatic nitrogens is 4. The fourth-order valence-corrected chi connectivity index (χ4v) is 2.54. The lowest BCUT2D eigenvalue weighted by Gasteiger charge is -2.15. The lowest BCUT2D eigenvalue weighted by atomic mass is 10.4. The van der Waals surface area contributed by atoms with Crippen LogP contribution in [-0.2, 0) is 16.1 Å². The predicted molar refractivity (Wildman–Crippen MR) is 71.9 cm³/mol. The Kier molecular flexibility index (Phi) is 3.92. The lowest BCUT2D eigenvalue weighted by molar-refractivity contribution is -0.140. The number of imidazole rings is 1. The Balaban J connectivity index is 2.47. The third-order valence-electron chi connectivity index (χ3n) is 2.75. The number of rotatable bonds is 4. The van der Waals surface area contributed by atoms with Crippen molar-refractivity contribution in [2.45, 2.75) is 12.2 Å². The van der Waals surface area contributed by atoms with Crippen LogP contribution in [0.4, 0.5) is 5.95 Å². The summed E-state index contributed by atoms with van der Waals surface area (Å²) in [6, 6.07) is 0. The van der Waals surface area contributed by atoms with Crippen molar-refractivity contribution in [3.8, 4) is 0 Å². The highest BCUT2D eigenvalue weighted by Crippen LogP contribution is 2.51. The van der Waals surface area contributed by atoms with Crippen molar-refractivity contribution in [3.05, 3.63) is 16.7 Å². The number of hydrogen-bond donors (Lipinski definition) is 5. The molecule has 0 aliphatic rings. The Morgan fingerprint density at radius 1 is 1.57 bits per heavy atom. The summed E-state index contributed by atoms with van der Waals surface area (Å²) in [5, 5.41) is 0. The highest BCUT2D eigenvalue weighted by atomic mass is 31.2. The van der Waals surface area contributed by atoms with E-state index >= 15 is 0 Å². The second-order valence-corrected chi connectivity index (χ2v) is 6.03. The van der Waals surface area contributed by atoms with E-state index in [2.05, 4.69) is 19.7 Å². The van der Waals surface area contributed by atoms with Gasteiger partial charge in [-0.3, -0.25) is 9.78 Å². The second-order valence-electron chi connectivity index (χ2n) is 4.17. The average molecular weight is 318 g/mol. The molecular formula is C9H13N5O6P+. The molecule has 0 fully saturated rings. The number of nitrogen functional groups attached to an aromatic ring is 1. The minimum atomic E-state index is -4.51. The quantitative estimate of drug-likeness (QED) is 0.314. The standard InChI is InChI=1S/C9H12N5O6P/c1-20-8(16)4(21(17,18)19)2-14-3-11-5-6(14)12-9(10)13-7(5)15/h3-4,17-19H,2H2,1H3,(H2-,10,12,13,15)/p+1. The molecule has 12 heteroatoms. The number of anilines is 1. The van der Waals surface area contributed by atoms with Gasteiger partial charge in [-0.1, -0.05) is 0 Å². The number of hydrogen-bond acceptors (Lipinski definition) is 9. The Morgan fingerprint density at radius 2 is 2.24 bits per heavy atom. The number of nitrogens with two attached hydrogens (primary N) is 1. The van der Waals surface area contributed by atoms with Crippen LogP contribution in [0.25, 0.3) is 11.2 Å². The van der Waals surface area contributed by atoms with Crippen molar-refractivity contribution in [2.75, 3.05) is 12.8 Å². The molecule has 2 heterocycles. The highest BCUT2D eigenvalue weighted by Gasteiger charge is 2.49. The second kappa shape index (κ2) is 5.37. The SMILES string of the molecule is COC(=O)C(Cn1cnc2c(=O)[nH]c(N)nc21)[P+](O)(O)O. The first-order valence-corrected chi connectivity index (χ1v) is 7.31. The van der Waals surface area contributed by atoms with E-state index < -0.39 is 31.7 Å². The van der Waals surface area contributed by atoms with Gasteiger partial charge in [0.2, 0.25) is 5.95 Å². The van der Waals surface area contributed by atoms with Crippen molar-refractivity contribution in [2.24, 2.45) is 0 Å². The van der Waals surface area contributed by atoms with Gasteiger partial charge in [-0.05, 0) is 0 Å². The summed E-state index contributed by atoms with van der Waals surface area (Å²) in [5.74, 6) is -1.18. The smallest absolute Gasteiger partial charge is 0.420 e. The first kappa shape index (κ1) is 15.3. The van der Waals surface area contributed by atoms with Gasteiger partial charge < -0.3 is 15.0 Å². The van der Waals surface area contributed by atoms with Crippen molar-refractivity contribution in [1.29, 1.82) is 0 Å². The molecule has 1 atom stereocenters. The van der Waals surface area contributed by atoms with Crippen LogP contribution >= 0.6 is 7.94 Å². The van der Waals surface area contributed by atoms with Crippen LogP contribution in [0.5, 0.6) is 0 Å². The number of H-pyrrole nitrogens is 1. The molecule has 0 radical (unpaired) electrons. The van der Waals surface area contributed by atoms with E-state index in [1.54, 1.807) is 0 Å². The minimum Gasteiger partial charge on any atom is -0.466 e. The molecule has 0 aliphatic heterocycles. The summed E-state index contributed by atoms with van der Waals surface area (Å²) < 4.78 is 5.60.